The number of anilines is 2. The van der Waals surface area contributed by atoms with Gasteiger partial charge in [-0.1, -0.05) is 12.1 Å². The van der Waals surface area contributed by atoms with Crippen LogP contribution in [-0.2, 0) is 9.59 Å². The Balaban J connectivity index is 1.68. The number of H-pyrrole nitrogens is 1. The molecule has 1 aliphatic rings. The summed E-state index contributed by atoms with van der Waals surface area (Å²) in [6.45, 7) is 1.96. The molecule has 2 amide bonds. The second-order valence-electron chi connectivity index (χ2n) is 4.85. The van der Waals surface area contributed by atoms with Gasteiger partial charge in [-0.2, -0.15) is 10.1 Å². The first kappa shape index (κ1) is 14.1. The molecule has 8 heteroatoms. The van der Waals surface area contributed by atoms with Crippen LogP contribution in [0.2, 0.25) is 0 Å². The molecule has 1 aromatic heterocycles. The van der Waals surface area contributed by atoms with E-state index in [2.05, 4.69) is 20.5 Å². The van der Waals surface area contributed by atoms with Crippen molar-refractivity contribution in [2.24, 2.45) is 0 Å². The van der Waals surface area contributed by atoms with Gasteiger partial charge in [-0.25, -0.2) is 5.10 Å². The molecular weight excluding hydrogens is 286 g/mol. The van der Waals surface area contributed by atoms with Gasteiger partial charge in [0.05, 0.1) is 5.69 Å². The minimum atomic E-state index is -0.563. The fourth-order valence-corrected chi connectivity index (χ4v) is 2.26. The second-order valence-corrected chi connectivity index (χ2v) is 4.85. The highest BCUT2D eigenvalue weighted by Crippen LogP contribution is 2.33. The monoisotopic (exact) mass is 301 g/mol. The lowest BCUT2D eigenvalue weighted by Crippen LogP contribution is -2.45. The van der Waals surface area contributed by atoms with Crippen LogP contribution in [0, 0.1) is 0 Å². The van der Waals surface area contributed by atoms with Crippen molar-refractivity contribution in [1.82, 2.24) is 15.2 Å². The summed E-state index contributed by atoms with van der Waals surface area (Å²) >= 11 is 0. The topological polar surface area (TPSA) is 100 Å². The van der Waals surface area contributed by atoms with Crippen molar-refractivity contribution in [3.63, 3.8) is 0 Å². The standard InChI is InChI=1S/C14H15N5O3/c1-9-13(21)19(10-4-2-3-5-11(10)22-9)7-6-12(20)17-14-15-8-16-18-14/h2-5,8-9H,6-7H2,1H3,(H2,15,16,17,18,20)/t9-/m1/s1. The van der Waals surface area contributed by atoms with Gasteiger partial charge in [0.15, 0.2) is 6.10 Å². The Morgan fingerprint density at radius 2 is 2.27 bits per heavy atom. The number of rotatable bonds is 4. The van der Waals surface area contributed by atoms with Crippen molar-refractivity contribution in [3.8, 4) is 5.75 Å². The summed E-state index contributed by atoms with van der Waals surface area (Å²) in [5.41, 5.74) is 0.679. The first-order valence-corrected chi connectivity index (χ1v) is 6.87. The molecule has 1 aromatic carbocycles. The van der Waals surface area contributed by atoms with Gasteiger partial charge in [0.25, 0.3) is 5.91 Å². The summed E-state index contributed by atoms with van der Waals surface area (Å²) in [5, 5.41) is 8.76. The van der Waals surface area contributed by atoms with Crippen LogP contribution >= 0.6 is 0 Å². The number of benzene rings is 1. The van der Waals surface area contributed by atoms with E-state index < -0.39 is 6.10 Å². The van der Waals surface area contributed by atoms with E-state index in [-0.39, 0.29) is 30.7 Å². The summed E-state index contributed by atoms with van der Waals surface area (Å²) in [4.78, 5) is 29.5. The Bertz CT molecular complexity index is 686. The number of carbonyl (C=O) groups excluding carboxylic acids is 2. The minimum absolute atomic E-state index is 0.146. The van der Waals surface area contributed by atoms with Gasteiger partial charge in [0.2, 0.25) is 11.9 Å². The van der Waals surface area contributed by atoms with Crippen molar-refractivity contribution in [2.75, 3.05) is 16.8 Å². The van der Waals surface area contributed by atoms with Gasteiger partial charge in [0.1, 0.15) is 12.1 Å². The average Bonchev–Trinajstić information content (AvgIpc) is 3.00. The zero-order valence-corrected chi connectivity index (χ0v) is 11.9. The van der Waals surface area contributed by atoms with E-state index in [0.29, 0.717) is 11.4 Å². The lowest BCUT2D eigenvalue weighted by molar-refractivity contribution is -0.125. The predicted octanol–water partition coefficient (Wildman–Crippen LogP) is 0.947. The molecule has 0 saturated heterocycles. The van der Waals surface area contributed by atoms with Crippen LogP contribution in [0.5, 0.6) is 5.75 Å². The van der Waals surface area contributed by atoms with Crippen molar-refractivity contribution in [1.29, 1.82) is 0 Å². The molecule has 1 atom stereocenters. The molecule has 0 bridgehead atoms. The maximum atomic E-state index is 12.3. The number of aromatic nitrogens is 3. The van der Waals surface area contributed by atoms with Gasteiger partial charge < -0.3 is 9.64 Å². The zero-order chi connectivity index (χ0) is 15.5. The maximum Gasteiger partial charge on any atom is 0.267 e. The molecule has 8 nitrogen and oxygen atoms in total. The number of fused-ring (bicyclic) bond motifs is 1. The zero-order valence-electron chi connectivity index (χ0n) is 11.9. The SMILES string of the molecule is C[C@H]1Oc2ccccc2N(CCC(=O)Nc2ncn[nH]2)C1=O. The molecule has 0 radical (unpaired) electrons. The largest absolute Gasteiger partial charge is 0.479 e. The molecule has 2 aromatic rings. The lowest BCUT2D eigenvalue weighted by Gasteiger charge is -2.32. The van der Waals surface area contributed by atoms with Gasteiger partial charge in [-0.15, -0.1) is 0 Å². The van der Waals surface area contributed by atoms with E-state index in [1.807, 2.05) is 12.1 Å². The normalized spacial score (nSPS) is 16.9. The highest BCUT2D eigenvalue weighted by molar-refractivity contribution is 6.00. The van der Waals surface area contributed by atoms with Crippen LogP contribution in [-0.4, -0.2) is 39.6 Å². The van der Waals surface area contributed by atoms with Crippen LogP contribution in [0.25, 0.3) is 0 Å². The number of nitrogens with one attached hydrogen (secondary N) is 2. The third kappa shape index (κ3) is 2.76. The molecule has 0 fully saturated rings. The quantitative estimate of drug-likeness (QED) is 0.875. The molecule has 0 spiro atoms. The van der Waals surface area contributed by atoms with Crippen LogP contribution in [0.4, 0.5) is 11.6 Å². The fraction of sp³-hybridized carbons (Fsp3) is 0.286. The van der Waals surface area contributed by atoms with Crippen LogP contribution in [0.15, 0.2) is 30.6 Å². The number of amides is 2. The molecule has 114 valence electrons. The number of para-hydroxylation sites is 2. The first-order chi connectivity index (χ1) is 10.6. The minimum Gasteiger partial charge on any atom is -0.479 e. The average molecular weight is 301 g/mol. The molecule has 0 unspecified atom stereocenters. The summed E-state index contributed by atoms with van der Waals surface area (Å²) in [6.07, 6.45) is 0.888. The van der Waals surface area contributed by atoms with E-state index >= 15 is 0 Å². The molecule has 3 rings (SSSR count). The summed E-state index contributed by atoms with van der Waals surface area (Å²) in [6, 6.07) is 7.27. The number of nitrogens with zero attached hydrogens (tertiary/aromatic N) is 3. The van der Waals surface area contributed by atoms with Crippen LogP contribution in [0.1, 0.15) is 13.3 Å². The third-order valence-electron chi connectivity index (χ3n) is 3.31. The van der Waals surface area contributed by atoms with E-state index in [0.717, 1.165) is 0 Å². The fourth-order valence-electron chi connectivity index (χ4n) is 2.26. The van der Waals surface area contributed by atoms with E-state index in [1.165, 1.54) is 6.33 Å². The van der Waals surface area contributed by atoms with Gasteiger partial charge in [-0.05, 0) is 19.1 Å². The second kappa shape index (κ2) is 5.84. The Kier molecular flexibility index (Phi) is 3.73. The first-order valence-electron chi connectivity index (χ1n) is 6.87. The molecule has 22 heavy (non-hydrogen) atoms. The smallest absolute Gasteiger partial charge is 0.267 e. The predicted molar refractivity (Wildman–Crippen MR) is 78.5 cm³/mol. The van der Waals surface area contributed by atoms with Gasteiger partial charge >= 0.3 is 0 Å². The molecule has 0 aliphatic carbocycles. The Hall–Kier alpha value is -2.90. The van der Waals surface area contributed by atoms with E-state index in [4.69, 9.17) is 4.74 Å². The summed E-state index contributed by atoms with van der Waals surface area (Å²) in [7, 11) is 0. The summed E-state index contributed by atoms with van der Waals surface area (Å²) in [5.74, 6) is 0.518. The van der Waals surface area contributed by atoms with Gasteiger partial charge in [-0.3, -0.25) is 14.9 Å². The Morgan fingerprint density at radius 1 is 1.45 bits per heavy atom. The molecule has 0 saturated carbocycles. The Labute approximate surface area is 126 Å². The molecule has 2 N–H and O–H groups in total. The molecular formula is C14H15N5O3. The van der Waals surface area contributed by atoms with E-state index in [9.17, 15) is 9.59 Å². The molecule has 1 aliphatic heterocycles. The van der Waals surface area contributed by atoms with Crippen LogP contribution < -0.4 is 15.0 Å². The highest BCUT2D eigenvalue weighted by atomic mass is 16.5. The third-order valence-corrected chi connectivity index (χ3v) is 3.31. The number of hydrogen-bond donors (Lipinski definition) is 2. The number of aromatic amines is 1. The van der Waals surface area contributed by atoms with Crippen molar-refractivity contribution in [3.05, 3.63) is 30.6 Å². The maximum absolute atomic E-state index is 12.3. The Morgan fingerprint density at radius 3 is 3.05 bits per heavy atom. The lowest BCUT2D eigenvalue weighted by atomic mass is 10.1. The van der Waals surface area contributed by atoms with Crippen molar-refractivity contribution >= 4 is 23.5 Å². The number of ether oxygens (including phenoxy) is 1. The van der Waals surface area contributed by atoms with Gasteiger partial charge in [0, 0.05) is 13.0 Å². The van der Waals surface area contributed by atoms with Crippen molar-refractivity contribution < 1.29 is 14.3 Å². The highest BCUT2D eigenvalue weighted by Gasteiger charge is 2.31. The van der Waals surface area contributed by atoms with E-state index in [1.54, 1.807) is 24.0 Å². The number of hydrogen-bond acceptors (Lipinski definition) is 5. The molecule has 2 heterocycles. The number of carbonyl (C=O) groups is 2. The van der Waals surface area contributed by atoms with Crippen molar-refractivity contribution in [2.45, 2.75) is 19.4 Å². The summed E-state index contributed by atoms with van der Waals surface area (Å²) < 4.78 is 5.55. The van der Waals surface area contributed by atoms with Crippen LogP contribution in [0.3, 0.4) is 0 Å².